The first kappa shape index (κ1) is 11.6. The Balaban J connectivity index is 2.54. The van der Waals surface area contributed by atoms with Crippen molar-refractivity contribution >= 4 is 28.7 Å². The summed E-state index contributed by atoms with van der Waals surface area (Å²) < 4.78 is 9.72. The van der Waals surface area contributed by atoms with E-state index in [4.69, 9.17) is 20.8 Å². The fourth-order valence-electron chi connectivity index (χ4n) is 1.33. The van der Waals surface area contributed by atoms with E-state index in [1.54, 1.807) is 6.92 Å². The van der Waals surface area contributed by atoms with Gasteiger partial charge in [0.2, 0.25) is 5.15 Å². The first-order valence-corrected chi connectivity index (χ1v) is 5.27. The molecule has 88 valence electrons. The van der Waals surface area contributed by atoms with Crippen molar-refractivity contribution in [2.24, 2.45) is 0 Å². The van der Waals surface area contributed by atoms with Gasteiger partial charge in [0.1, 0.15) is 5.52 Å². The van der Waals surface area contributed by atoms with Crippen molar-refractivity contribution in [1.82, 2.24) is 4.98 Å². The second-order valence-electron chi connectivity index (χ2n) is 3.20. The molecule has 1 aromatic heterocycles. The van der Waals surface area contributed by atoms with E-state index in [1.807, 2.05) is 0 Å². The number of aromatic nitrogens is 1. The maximum absolute atomic E-state index is 11.5. The summed E-state index contributed by atoms with van der Waals surface area (Å²) in [6.45, 7) is 2.00. The lowest BCUT2D eigenvalue weighted by atomic mass is 10.2. The van der Waals surface area contributed by atoms with Crippen LogP contribution >= 0.6 is 11.6 Å². The van der Waals surface area contributed by atoms with Gasteiger partial charge in [-0.3, -0.25) is 0 Å². The van der Waals surface area contributed by atoms with Gasteiger partial charge in [0.25, 0.3) is 0 Å². The monoisotopic (exact) mass is 253 g/mol. The summed E-state index contributed by atoms with van der Waals surface area (Å²) in [7, 11) is 0. The van der Waals surface area contributed by atoms with Crippen LogP contribution in [0.4, 0.5) is 0 Å². The van der Waals surface area contributed by atoms with Crippen LogP contribution < -0.4 is 5.63 Å². The number of rotatable bonds is 2. The van der Waals surface area contributed by atoms with Gasteiger partial charge in [0.05, 0.1) is 12.2 Å². The van der Waals surface area contributed by atoms with Crippen LogP contribution in [0.2, 0.25) is 5.15 Å². The SMILES string of the molecule is CCOC(=O)c1ccc2oc(=O)c(Cl)nc2c1. The van der Waals surface area contributed by atoms with Crippen molar-refractivity contribution < 1.29 is 13.9 Å². The predicted molar refractivity (Wildman–Crippen MR) is 61.2 cm³/mol. The van der Waals surface area contributed by atoms with E-state index in [9.17, 15) is 9.59 Å². The lowest BCUT2D eigenvalue weighted by Gasteiger charge is -2.02. The van der Waals surface area contributed by atoms with Gasteiger partial charge < -0.3 is 9.15 Å². The highest BCUT2D eigenvalue weighted by Gasteiger charge is 2.10. The molecule has 0 aliphatic carbocycles. The number of carbonyl (C=O) groups is 1. The number of carbonyl (C=O) groups excluding carboxylic acids is 1. The van der Waals surface area contributed by atoms with Crippen LogP contribution in [0.15, 0.2) is 27.4 Å². The smallest absolute Gasteiger partial charge is 0.374 e. The largest absolute Gasteiger partial charge is 0.462 e. The minimum atomic E-state index is -0.706. The molecule has 0 saturated heterocycles. The average Bonchev–Trinajstić information content (AvgIpc) is 2.30. The van der Waals surface area contributed by atoms with Crippen LogP contribution in [-0.2, 0) is 4.74 Å². The van der Waals surface area contributed by atoms with E-state index in [1.165, 1.54) is 18.2 Å². The number of esters is 1. The molecule has 0 atom stereocenters. The summed E-state index contributed by atoms with van der Waals surface area (Å²) in [6, 6.07) is 4.44. The van der Waals surface area contributed by atoms with Crippen LogP contribution in [0.1, 0.15) is 17.3 Å². The molecule has 0 aliphatic heterocycles. The number of hydrogen-bond acceptors (Lipinski definition) is 5. The minimum absolute atomic E-state index is 0.265. The van der Waals surface area contributed by atoms with Crippen LogP contribution in [0.5, 0.6) is 0 Å². The van der Waals surface area contributed by atoms with Crippen molar-refractivity contribution in [3.8, 4) is 0 Å². The van der Waals surface area contributed by atoms with Crippen LogP contribution in [0, 0.1) is 0 Å². The first-order chi connectivity index (χ1) is 8.11. The maximum Gasteiger partial charge on any atom is 0.374 e. The Labute approximate surface area is 101 Å². The van der Waals surface area contributed by atoms with Crippen LogP contribution in [0.25, 0.3) is 11.1 Å². The number of fused-ring (bicyclic) bond motifs is 1. The van der Waals surface area contributed by atoms with Gasteiger partial charge in [-0.1, -0.05) is 11.6 Å². The van der Waals surface area contributed by atoms with E-state index in [0.717, 1.165) is 0 Å². The first-order valence-electron chi connectivity index (χ1n) is 4.89. The van der Waals surface area contributed by atoms with Crippen molar-refractivity contribution in [2.75, 3.05) is 6.61 Å². The lowest BCUT2D eigenvalue weighted by Crippen LogP contribution is -2.06. The molecule has 6 heteroatoms. The van der Waals surface area contributed by atoms with E-state index >= 15 is 0 Å². The Morgan fingerprint density at radius 3 is 3.00 bits per heavy atom. The van der Waals surface area contributed by atoms with Gasteiger partial charge in [-0.05, 0) is 25.1 Å². The van der Waals surface area contributed by atoms with Crippen LogP contribution in [0.3, 0.4) is 0 Å². The van der Waals surface area contributed by atoms with Crippen LogP contribution in [-0.4, -0.2) is 17.6 Å². The number of halogens is 1. The summed E-state index contributed by atoms with van der Waals surface area (Å²) in [4.78, 5) is 26.4. The molecule has 1 aromatic carbocycles. The fourth-order valence-corrected chi connectivity index (χ4v) is 1.46. The van der Waals surface area contributed by atoms with Crippen molar-refractivity contribution in [1.29, 1.82) is 0 Å². The Morgan fingerprint density at radius 2 is 2.29 bits per heavy atom. The lowest BCUT2D eigenvalue weighted by molar-refractivity contribution is 0.0526. The molecule has 0 radical (unpaired) electrons. The zero-order chi connectivity index (χ0) is 12.4. The van der Waals surface area contributed by atoms with Gasteiger partial charge in [-0.25, -0.2) is 14.6 Å². The second-order valence-corrected chi connectivity index (χ2v) is 3.55. The van der Waals surface area contributed by atoms with E-state index in [-0.39, 0.29) is 17.3 Å². The van der Waals surface area contributed by atoms with Gasteiger partial charge >= 0.3 is 11.6 Å². The molecule has 17 heavy (non-hydrogen) atoms. The number of hydrogen-bond donors (Lipinski definition) is 0. The summed E-state index contributed by atoms with van der Waals surface area (Å²) in [6.07, 6.45) is 0. The number of benzene rings is 1. The Kier molecular flexibility index (Phi) is 3.10. The molecule has 0 fully saturated rings. The molecule has 0 amide bonds. The predicted octanol–water partition coefficient (Wildman–Crippen LogP) is 2.02. The third kappa shape index (κ3) is 2.29. The standard InChI is InChI=1S/C11H8ClNO4/c1-2-16-10(14)6-3-4-8-7(5-6)13-9(12)11(15)17-8/h3-5H,2H2,1H3. The van der Waals surface area contributed by atoms with Gasteiger partial charge in [-0.2, -0.15) is 0 Å². The molecule has 0 unspecified atom stereocenters. The molecule has 0 aliphatic rings. The molecule has 0 saturated carbocycles. The number of nitrogens with zero attached hydrogens (tertiary/aromatic N) is 1. The Morgan fingerprint density at radius 1 is 1.53 bits per heavy atom. The van der Waals surface area contributed by atoms with E-state index < -0.39 is 11.6 Å². The summed E-state index contributed by atoms with van der Waals surface area (Å²) >= 11 is 5.55. The molecule has 5 nitrogen and oxygen atoms in total. The molecular weight excluding hydrogens is 246 g/mol. The highest BCUT2D eigenvalue weighted by molar-refractivity contribution is 6.29. The highest BCUT2D eigenvalue weighted by atomic mass is 35.5. The average molecular weight is 254 g/mol. The van der Waals surface area contributed by atoms with Crippen molar-refractivity contribution in [3.05, 3.63) is 39.3 Å². The van der Waals surface area contributed by atoms with Gasteiger partial charge in [-0.15, -0.1) is 0 Å². The third-order valence-electron chi connectivity index (χ3n) is 2.06. The summed E-state index contributed by atoms with van der Waals surface area (Å²) in [5.74, 6) is -0.460. The minimum Gasteiger partial charge on any atom is -0.462 e. The third-order valence-corrected chi connectivity index (χ3v) is 2.30. The zero-order valence-electron chi connectivity index (χ0n) is 8.90. The molecule has 2 aromatic rings. The number of ether oxygens (including phenoxy) is 1. The van der Waals surface area contributed by atoms with E-state index in [0.29, 0.717) is 11.1 Å². The molecule has 0 N–H and O–H groups in total. The van der Waals surface area contributed by atoms with Crippen molar-refractivity contribution in [3.63, 3.8) is 0 Å². The molecular formula is C11H8ClNO4. The fraction of sp³-hybridized carbons (Fsp3) is 0.182. The molecule has 1 heterocycles. The van der Waals surface area contributed by atoms with Crippen molar-refractivity contribution in [2.45, 2.75) is 6.92 Å². The molecule has 0 spiro atoms. The van der Waals surface area contributed by atoms with Gasteiger partial charge in [0.15, 0.2) is 5.58 Å². The second kappa shape index (κ2) is 4.55. The summed E-state index contributed by atoms with van der Waals surface area (Å²) in [5, 5.41) is -0.265. The molecule has 0 bridgehead atoms. The quantitative estimate of drug-likeness (QED) is 0.766. The topological polar surface area (TPSA) is 69.4 Å². The summed E-state index contributed by atoms with van der Waals surface area (Å²) in [5.41, 5.74) is 0.229. The van der Waals surface area contributed by atoms with E-state index in [2.05, 4.69) is 4.98 Å². The van der Waals surface area contributed by atoms with Gasteiger partial charge in [0, 0.05) is 0 Å². The maximum atomic E-state index is 11.5. The zero-order valence-corrected chi connectivity index (χ0v) is 9.65. The normalized spacial score (nSPS) is 10.5. The Hall–Kier alpha value is -1.88. The Bertz CT molecular complexity index is 635. The molecule has 2 rings (SSSR count). The highest BCUT2D eigenvalue weighted by Crippen LogP contribution is 2.15.